The van der Waals surface area contributed by atoms with Crippen molar-refractivity contribution in [3.05, 3.63) is 57.2 Å². The van der Waals surface area contributed by atoms with Crippen molar-refractivity contribution in [2.45, 2.75) is 13.3 Å². The van der Waals surface area contributed by atoms with E-state index in [1.807, 2.05) is 12.3 Å². The van der Waals surface area contributed by atoms with Crippen molar-refractivity contribution in [1.82, 2.24) is 15.8 Å². The first-order valence-corrected chi connectivity index (χ1v) is 10.2. The number of hydrogen-bond acceptors (Lipinski definition) is 9. The number of rotatable bonds is 7. The fourth-order valence-electron chi connectivity index (χ4n) is 2.14. The molecule has 3 aromatic heterocycles. The quantitative estimate of drug-likeness (QED) is 0.370. The highest BCUT2D eigenvalue weighted by molar-refractivity contribution is 7.18. The standard InChI is InChI=1S/C18H16N4O6S2/c1-10-9-29-16(19-10)7-13(23)21-22-14(24)8-28-18(26)12-4-5-15(30-12)20-17(25)11-3-2-6-27-11/h2-6,9H,7-8H2,1H3,(H,20,25)(H,21,23)(H,22,24). The Morgan fingerprint density at radius 1 is 1.13 bits per heavy atom. The van der Waals surface area contributed by atoms with Gasteiger partial charge in [0.25, 0.3) is 11.8 Å². The number of ether oxygens (including phenoxy) is 1. The number of hydrogen-bond donors (Lipinski definition) is 3. The number of thiazole rings is 1. The largest absolute Gasteiger partial charge is 0.459 e. The summed E-state index contributed by atoms with van der Waals surface area (Å²) in [5.74, 6) is -2.20. The molecule has 0 saturated carbocycles. The first kappa shape index (κ1) is 21.2. The maximum Gasteiger partial charge on any atom is 0.348 e. The van der Waals surface area contributed by atoms with E-state index in [4.69, 9.17) is 9.15 Å². The topological polar surface area (TPSA) is 140 Å². The third-order valence-electron chi connectivity index (χ3n) is 3.44. The van der Waals surface area contributed by atoms with Crippen LogP contribution in [0.3, 0.4) is 0 Å². The van der Waals surface area contributed by atoms with Crippen LogP contribution in [0.1, 0.15) is 30.9 Å². The summed E-state index contributed by atoms with van der Waals surface area (Å²) >= 11 is 2.33. The molecule has 3 heterocycles. The highest BCUT2D eigenvalue weighted by Crippen LogP contribution is 2.23. The molecule has 0 bridgehead atoms. The summed E-state index contributed by atoms with van der Waals surface area (Å²) in [7, 11) is 0. The molecular formula is C18H16N4O6S2. The number of furan rings is 1. The van der Waals surface area contributed by atoms with Gasteiger partial charge in [-0.3, -0.25) is 25.2 Å². The van der Waals surface area contributed by atoms with E-state index in [1.165, 1.54) is 35.8 Å². The van der Waals surface area contributed by atoms with Crippen molar-refractivity contribution >= 4 is 51.4 Å². The summed E-state index contributed by atoms with van der Waals surface area (Å²) in [5.41, 5.74) is 5.20. The number of esters is 1. The Morgan fingerprint density at radius 3 is 2.63 bits per heavy atom. The second-order valence-corrected chi connectivity index (χ2v) is 7.85. The van der Waals surface area contributed by atoms with E-state index in [0.717, 1.165) is 17.0 Å². The van der Waals surface area contributed by atoms with E-state index in [-0.39, 0.29) is 17.1 Å². The van der Waals surface area contributed by atoms with Crippen LogP contribution in [-0.4, -0.2) is 35.3 Å². The first-order chi connectivity index (χ1) is 14.4. The Labute approximate surface area is 178 Å². The summed E-state index contributed by atoms with van der Waals surface area (Å²) in [6.07, 6.45) is 1.40. The number of nitrogens with zero attached hydrogens (tertiary/aromatic N) is 1. The molecule has 0 spiro atoms. The molecule has 0 radical (unpaired) electrons. The molecule has 0 aliphatic rings. The molecule has 0 saturated heterocycles. The Bertz CT molecular complexity index is 1060. The lowest BCUT2D eigenvalue weighted by Crippen LogP contribution is -2.44. The SMILES string of the molecule is Cc1csc(CC(=O)NNC(=O)COC(=O)c2ccc(NC(=O)c3ccco3)s2)n1. The molecule has 0 atom stereocenters. The summed E-state index contributed by atoms with van der Waals surface area (Å²) in [6.45, 7) is 1.24. The van der Waals surface area contributed by atoms with Gasteiger partial charge in [-0.25, -0.2) is 9.78 Å². The molecule has 0 aromatic carbocycles. The number of carbonyl (C=O) groups is 4. The molecule has 3 amide bonds. The molecule has 3 N–H and O–H groups in total. The smallest absolute Gasteiger partial charge is 0.348 e. The summed E-state index contributed by atoms with van der Waals surface area (Å²) in [4.78, 5) is 51.8. The molecule has 3 aromatic rings. The first-order valence-electron chi connectivity index (χ1n) is 8.51. The predicted molar refractivity (Wildman–Crippen MR) is 108 cm³/mol. The molecule has 0 fully saturated rings. The lowest BCUT2D eigenvalue weighted by atomic mass is 10.4. The highest BCUT2D eigenvalue weighted by atomic mass is 32.1. The van der Waals surface area contributed by atoms with Crippen LogP contribution in [0, 0.1) is 6.92 Å². The minimum atomic E-state index is -0.738. The minimum Gasteiger partial charge on any atom is -0.459 e. The number of amides is 3. The van der Waals surface area contributed by atoms with Crippen LogP contribution in [0.15, 0.2) is 40.3 Å². The predicted octanol–water partition coefficient (Wildman–Crippen LogP) is 1.91. The average Bonchev–Trinajstić information content (AvgIpc) is 3.47. The van der Waals surface area contributed by atoms with Gasteiger partial charge in [0.05, 0.1) is 17.7 Å². The van der Waals surface area contributed by atoms with Crippen molar-refractivity contribution in [2.24, 2.45) is 0 Å². The monoisotopic (exact) mass is 448 g/mol. The molecule has 12 heteroatoms. The van der Waals surface area contributed by atoms with Gasteiger partial charge in [-0.1, -0.05) is 0 Å². The molecule has 0 aliphatic heterocycles. The minimum absolute atomic E-state index is 0.0280. The zero-order valence-corrected chi connectivity index (χ0v) is 17.2. The van der Waals surface area contributed by atoms with Crippen LogP contribution in [0.25, 0.3) is 0 Å². The number of nitrogens with one attached hydrogen (secondary N) is 3. The lowest BCUT2D eigenvalue weighted by Gasteiger charge is -2.07. The van der Waals surface area contributed by atoms with Gasteiger partial charge >= 0.3 is 5.97 Å². The van der Waals surface area contributed by atoms with Gasteiger partial charge < -0.3 is 14.5 Å². The summed E-state index contributed by atoms with van der Waals surface area (Å²) < 4.78 is 9.89. The van der Waals surface area contributed by atoms with Gasteiger partial charge in [0, 0.05) is 11.1 Å². The molecule has 3 rings (SSSR count). The molecule has 10 nitrogen and oxygen atoms in total. The van der Waals surface area contributed by atoms with Gasteiger partial charge in [0.1, 0.15) is 9.88 Å². The molecule has 156 valence electrons. The Morgan fingerprint density at radius 2 is 1.93 bits per heavy atom. The maximum absolute atomic E-state index is 12.0. The third kappa shape index (κ3) is 5.99. The van der Waals surface area contributed by atoms with Crippen LogP contribution in [0.2, 0.25) is 0 Å². The van der Waals surface area contributed by atoms with Gasteiger partial charge in [-0.2, -0.15) is 0 Å². The number of carbonyl (C=O) groups excluding carboxylic acids is 4. The summed E-state index contributed by atoms with van der Waals surface area (Å²) in [5, 5.41) is 5.44. The molecule has 30 heavy (non-hydrogen) atoms. The Hall–Kier alpha value is -3.51. The van der Waals surface area contributed by atoms with E-state index >= 15 is 0 Å². The molecule has 0 aliphatic carbocycles. The zero-order chi connectivity index (χ0) is 21.5. The van der Waals surface area contributed by atoms with Crippen LogP contribution in [0.4, 0.5) is 5.00 Å². The molecular weight excluding hydrogens is 432 g/mol. The van der Waals surface area contributed by atoms with E-state index < -0.39 is 30.3 Å². The van der Waals surface area contributed by atoms with Crippen molar-refractivity contribution in [3.63, 3.8) is 0 Å². The maximum atomic E-state index is 12.0. The van der Waals surface area contributed by atoms with E-state index in [2.05, 4.69) is 21.2 Å². The lowest BCUT2D eigenvalue weighted by molar-refractivity contribution is -0.130. The van der Waals surface area contributed by atoms with Crippen molar-refractivity contribution < 1.29 is 28.3 Å². The van der Waals surface area contributed by atoms with Crippen LogP contribution < -0.4 is 16.2 Å². The van der Waals surface area contributed by atoms with E-state index in [9.17, 15) is 19.2 Å². The van der Waals surface area contributed by atoms with Crippen molar-refractivity contribution in [3.8, 4) is 0 Å². The van der Waals surface area contributed by atoms with Crippen LogP contribution in [0.5, 0.6) is 0 Å². The second-order valence-electron chi connectivity index (χ2n) is 5.83. The fourth-order valence-corrected chi connectivity index (χ4v) is 3.70. The normalized spacial score (nSPS) is 10.3. The van der Waals surface area contributed by atoms with E-state index in [0.29, 0.717) is 10.0 Å². The van der Waals surface area contributed by atoms with Gasteiger partial charge in [0.15, 0.2) is 12.4 Å². The Balaban J connectivity index is 1.39. The number of aromatic nitrogens is 1. The van der Waals surface area contributed by atoms with Crippen LogP contribution >= 0.6 is 22.7 Å². The highest BCUT2D eigenvalue weighted by Gasteiger charge is 2.16. The van der Waals surface area contributed by atoms with E-state index in [1.54, 1.807) is 6.07 Å². The Kier molecular flexibility index (Phi) is 6.93. The van der Waals surface area contributed by atoms with Crippen molar-refractivity contribution in [2.75, 3.05) is 11.9 Å². The number of aryl methyl sites for hydroxylation is 1. The second kappa shape index (κ2) is 9.80. The van der Waals surface area contributed by atoms with Gasteiger partial charge in [-0.05, 0) is 31.2 Å². The number of hydrazine groups is 1. The molecule has 0 unspecified atom stereocenters. The number of thiophene rings is 1. The summed E-state index contributed by atoms with van der Waals surface area (Å²) in [6, 6.07) is 6.08. The van der Waals surface area contributed by atoms with Gasteiger partial charge in [-0.15, -0.1) is 22.7 Å². The third-order valence-corrected chi connectivity index (χ3v) is 5.39. The van der Waals surface area contributed by atoms with Crippen LogP contribution in [-0.2, 0) is 20.7 Å². The number of anilines is 1. The van der Waals surface area contributed by atoms with Crippen molar-refractivity contribution in [1.29, 1.82) is 0 Å². The fraction of sp³-hybridized carbons (Fsp3) is 0.167. The average molecular weight is 448 g/mol. The van der Waals surface area contributed by atoms with Gasteiger partial charge in [0.2, 0.25) is 5.91 Å². The zero-order valence-electron chi connectivity index (χ0n) is 15.6.